The highest BCUT2D eigenvalue weighted by atomic mass is 16.5. The molecule has 0 radical (unpaired) electrons. The van der Waals surface area contributed by atoms with Crippen LogP contribution in [-0.2, 0) is 11.3 Å². The predicted molar refractivity (Wildman–Crippen MR) is 71.5 cm³/mol. The third kappa shape index (κ3) is 5.23. The summed E-state index contributed by atoms with van der Waals surface area (Å²) >= 11 is 0. The molecule has 2 amide bonds. The second-order valence-corrected chi connectivity index (χ2v) is 4.30. The molecule has 0 fully saturated rings. The summed E-state index contributed by atoms with van der Waals surface area (Å²) in [6.45, 7) is 6.60. The van der Waals surface area contributed by atoms with Gasteiger partial charge in [0.2, 0.25) is 0 Å². The van der Waals surface area contributed by atoms with Crippen LogP contribution in [0.15, 0.2) is 24.5 Å². The van der Waals surface area contributed by atoms with Crippen LogP contribution in [0.2, 0.25) is 0 Å². The summed E-state index contributed by atoms with van der Waals surface area (Å²) in [5.41, 5.74) is 0. The number of likely N-dealkylation sites (N-methyl/N-ethyl adjacent to an activating group) is 1. The Morgan fingerprint density at radius 2 is 2.11 bits per heavy atom. The fourth-order valence-electron chi connectivity index (χ4n) is 1.75. The molecule has 1 atom stereocenters. The summed E-state index contributed by atoms with van der Waals surface area (Å²) in [6, 6.07) is 3.88. The van der Waals surface area contributed by atoms with Crippen LogP contribution in [0.25, 0.3) is 0 Å². The molecule has 0 aliphatic carbocycles. The lowest BCUT2D eigenvalue weighted by Crippen LogP contribution is -2.42. The van der Waals surface area contributed by atoms with Crippen LogP contribution < -0.4 is 5.32 Å². The van der Waals surface area contributed by atoms with E-state index in [1.807, 2.05) is 42.9 Å². The maximum Gasteiger partial charge on any atom is 0.317 e. The largest absolute Gasteiger partial charge is 0.377 e. The average Bonchev–Trinajstić information content (AvgIpc) is 2.82. The van der Waals surface area contributed by atoms with Crippen molar-refractivity contribution in [1.29, 1.82) is 0 Å². The first-order valence-corrected chi connectivity index (χ1v) is 6.34. The van der Waals surface area contributed by atoms with E-state index in [0.717, 1.165) is 6.54 Å². The smallest absolute Gasteiger partial charge is 0.317 e. The second-order valence-electron chi connectivity index (χ2n) is 4.30. The Kier molecular flexibility index (Phi) is 6.28. The van der Waals surface area contributed by atoms with Crippen molar-refractivity contribution in [3.63, 3.8) is 0 Å². The maximum atomic E-state index is 11.8. The number of hydrogen-bond donors (Lipinski definition) is 1. The van der Waals surface area contributed by atoms with Crippen LogP contribution >= 0.6 is 0 Å². The molecule has 102 valence electrons. The van der Waals surface area contributed by atoms with Gasteiger partial charge in [0.05, 0.1) is 6.10 Å². The highest BCUT2D eigenvalue weighted by Crippen LogP contribution is 1.95. The van der Waals surface area contributed by atoms with Crippen molar-refractivity contribution in [3.05, 3.63) is 24.5 Å². The first-order valence-electron chi connectivity index (χ1n) is 6.34. The number of carbonyl (C=O) groups excluding carboxylic acids is 1. The zero-order chi connectivity index (χ0) is 13.4. The molecule has 1 aromatic heterocycles. The Morgan fingerprint density at radius 1 is 1.44 bits per heavy atom. The molecule has 1 aromatic rings. The summed E-state index contributed by atoms with van der Waals surface area (Å²) in [6.07, 6.45) is 4.02. The first kappa shape index (κ1) is 14.6. The summed E-state index contributed by atoms with van der Waals surface area (Å²) in [4.78, 5) is 13.4. The van der Waals surface area contributed by atoms with Crippen molar-refractivity contribution >= 4 is 6.03 Å². The van der Waals surface area contributed by atoms with Gasteiger partial charge < -0.3 is 19.5 Å². The van der Waals surface area contributed by atoms with Gasteiger partial charge in [-0.2, -0.15) is 0 Å². The van der Waals surface area contributed by atoms with Crippen molar-refractivity contribution < 1.29 is 9.53 Å². The lowest BCUT2D eigenvalue weighted by molar-refractivity contribution is 0.0581. The molecule has 0 aromatic carbocycles. The topological polar surface area (TPSA) is 46.5 Å². The van der Waals surface area contributed by atoms with Crippen LogP contribution in [-0.4, -0.2) is 48.3 Å². The van der Waals surface area contributed by atoms with Crippen LogP contribution in [0.4, 0.5) is 4.79 Å². The van der Waals surface area contributed by atoms with Gasteiger partial charge in [-0.15, -0.1) is 0 Å². The monoisotopic (exact) mass is 253 g/mol. The molecular weight excluding hydrogens is 230 g/mol. The van der Waals surface area contributed by atoms with Gasteiger partial charge in [-0.3, -0.25) is 0 Å². The van der Waals surface area contributed by atoms with Gasteiger partial charge in [-0.1, -0.05) is 0 Å². The molecule has 0 saturated carbocycles. The van der Waals surface area contributed by atoms with Crippen molar-refractivity contribution in [2.45, 2.75) is 26.5 Å². The highest BCUT2D eigenvalue weighted by Gasteiger charge is 2.11. The molecule has 0 aliphatic heterocycles. The Bertz CT molecular complexity index is 338. The third-order valence-corrected chi connectivity index (χ3v) is 2.64. The Morgan fingerprint density at radius 3 is 2.72 bits per heavy atom. The minimum Gasteiger partial charge on any atom is -0.377 e. The van der Waals surface area contributed by atoms with Crippen LogP contribution in [0.3, 0.4) is 0 Å². The molecule has 5 heteroatoms. The molecule has 0 saturated heterocycles. The Labute approximate surface area is 109 Å². The van der Waals surface area contributed by atoms with Crippen LogP contribution in [0, 0.1) is 0 Å². The van der Waals surface area contributed by atoms with E-state index in [-0.39, 0.29) is 12.1 Å². The van der Waals surface area contributed by atoms with E-state index in [4.69, 9.17) is 4.74 Å². The standard InChI is InChI=1S/C13H23N3O2/c1-4-18-12(2)11-15(3)13(17)14-7-10-16-8-5-6-9-16/h5-6,8-9,12H,4,7,10-11H2,1-3H3,(H,14,17)/t12-/m1/s1. The van der Waals surface area contributed by atoms with Gasteiger partial charge in [0.15, 0.2) is 0 Å². The van der Waals surface area contributed by atoms with Crippen molar-refractivity contribution in [2.75, 3.05) is 26.7 Å². The normalized spacial score (nSPS) is 12.2. The number of hydrogen-bond acceptors (Lipinski definition) is 2. The summed E-state index contributed by atoms with van der Waals surface area (Å²) in [5, 5.41) is 2.88. The second kappa shape index (κ2) is 7.76. The molecule has 1 N–H and O–H groups in total. The molecule has 18 heavy (non-hydrogen) atoms. The lowest BCUT2D eigenvalue weighted by atomic mass is 10.4. The van der Waals surface area contributed by atoms with Gasteiger partial charge in [-0.25, -0.2) is 4.79 Å². The number of aromatic nitrogens is 1. The third-order valence-electron chi connectivity index (χ3n) is 2.64. The molecule has 0 bridgehead atoms. The minimum absolute atomic E-state index is 0.0614. The number of nitrogens with zero attached hydrogens (tertiary/aromatic N) is 2. The summed E-state index contributed by atoms with van der Waals surface area (Å²) in [7, 11) is 1.78. The number of amides is 2. The minimum atomic E-state index is -0.0614. The first-order chi connectivity index (χ1) is 8.63. The number of rotatable bonds is 7. The molecule has 1 heterocycles. The van der Waals surface area contributed by atoms with E-state index in [1.54, 1.807) is 11.9 Å². The zero-order valence-electron chi connectivity index (χ0n) is 11.4. The molecule has 0 aliphatic rings. The van der Waals surface area contributed by atoms with Crippen LogP contribution in [0.1, 0.15) is 13.8 Å². The highest BCUT2D eigenvalue weighted by molar-refractivity contribution is 5.73. The van der Waals surface area contributed by atoms with E-state index in [2.05, 4.69) is 5.32 Å². The van der Waals surface area contributed by atoms with Gasteiger partial charge >= 0.3 is 6.03 Å². The van der Waals surface area contributed by atoms with Crippen molar-refractivity contribution in [1.82, 2.24) is 14.8 Å². The Hall–Kier alpha value is -1.49. The van der Waals surface area contributed by atoms with Gasteiger partial charge in [0.1, 0.15) is 0 Å². The number of urea groups is 1. The fourth-order valence-corrected chi connectivity index (χ4v) is 1.75. The molecule has 5 nitrogen and oxygen atoms in total. The average molecular weight is 253 g/mol. The van der Waals surface area contributed by atoms with E-state index in [0.29, 0.717) is 19.7 Å². The predicted octanol–water partition coefficient (Wildman–Crippen LogP) is 1.55. The van der Waals surface area contributed by atoms with E-state index in [1.165, 1.54) is 0 Å². The maximum absolute atomic E-state index is 11.8. The number of nitrogens with one attached hydrogen (secondary N) is 1. The zero-order valence-corrected chi connectivity index (χ0v) is 11.4. The van der Waals surface area contributed by atoms with Crippen molar-refractivity contribution in [2.24, 2.45) is 0 Å². The van der Waals surface area contributed by atoms with E-state index >= 15 is 0 Å². The molecule has 0 spiro atoms. The van der Waals surface area contributed by atoms with Crippen LogP contribution in [0.5, 0.6) is 0 Å². The van der Waals surface area contributed by atoms with E-state index < -0.39 is 0 Å². The van der Waals surface area contributed by atoms with Crippen molar-refractivity contribution in [3.8, 4) is 0 Å². The SMILES string of the molecule is CCO[C@H](C)CN(C)C(=O)NCCn1cccc1. The number of ether oxygens (including phenoxy) is 1. The molecule has 1 rings (SSSR count). The van der Waals surface area contributed by atoms with Gasteiger partial charge in [-0.05, 0) is 26.0 Å². The number of carbonyl (C=O) groups is 1. The lowest BCUT2D eigenvalue weighted by Gasteiger charge is -2.22. The molecule has 0 unspecified atom stereocenters. The molecular formula is C13H23N3O2. The summed E-state index contributed by atoms with van der Waals surface area (Å²) in [5.74, 6) is 0. The van der Waals surface area contributed by atoms with Gasteiger partial charge in [0.25, 0.3) is 0 Å². The fraction of sp³-hybridized carbons (Fsp3) is 0.615. The van der Waals surface area contributed by atoms with Gasteiger partial charge in [0, 0.05) is 45.7 Å². The summed E-state index contributed by atoms with van der Waals surface area (Å²) < 4.78 is 7.43. The quantitative estimate of drug-likeness (QED) is 0.801. The Balaban J connectivity index is 2.19. The van der Waals surface area contributed by atoms with E-state index in [9.17, 15) is 4.79 Å².